The van der Waals surface area contributed by atoms with Gasteiger partial charge in [0.05, 0.1) is 12.0 Å². The van der Waals surface area contributed by atoms with Crippen LogP contribution in [0.25, 0.3) is 0 Å². The van der Waals surface area contributed by atoms with Crippen molar-refractivity contribution in [3.8, 4) is 0 Å². The summed E-state index contributed by atoms with van der Waals surface area (Å²) in [4.78, 5) is 20.2. The Morgan fingerprint density at radius 2 is 2.12 bits per heavy atom. The van der Waals surface area contributed by atoms with Crippen LogP contribution in [0.5, 0.6) is 0 Å². The molecule has 4 rings (SSSR count). The Morgan fingerprint density at radius 3 is 2.92 bits per heavy atom. The average Bonchev–Trinajstić information content (AvgIpc) is 3.24. The summed E-state index contributed by atoms with van der Waals surface area (Å²) in [5.41, 5.74) is 2.41. The Kier molecular flexibility index (Phi) is 4.15. The third kappa shape index (κ3) is 3.25. The number of hydrogen-bond acceptors (Lipinski definition) is 5. The zero-order valence-corrected chi connectivity index (χ0v) is 13.9. The van der Waals surface area contributed by atoms with E-state index in [0.717, 1.165) is 31.7 Å². The lowest BCUT2D eigenvalue weighted by molar-refractivity contribution is 0.0996. The molecule has 3 heterocycles. The Hall–Kier alpha value is -2.44. The van der Waals surface area contributed by atoms with Crippen LogP contribution in [-0.4, -0.2) is 22.3 Å². The molecule has 3 aromatic rings. The van der Waals surface area contributed by atoms with Crippen molar-refractivity contribution in [3.05, 3.63) is 70.6 Å². The van der Waals surface area contributed by atoms with Gasteiger partial charge in [-0.05, 0) is 17.7 Å². The quantitative estimate of drug-likeness (QED) is 0.790. The third-order valence-corrected chi connectivity index (χ3v) is 5.02. The summed E-state index contributed by atoms with van der Waals surface area (Å²) >= 11 is 1.55. The van der Waals surface area contributed by atoms with Crippen molar-refractivity contribution in [1.29, 1.82) is 0 Å². The molecular weight excluding hydrogens is 322 g/mol. The third-order valence-electron chi connectivity index (χ3n) is 4.02. The molecule has 1 aromatic carbocycles. The number of rotatable bonds is 4. The molecule has 0 aliphatic carbocycles. The lowest BCUT2D eigenvalue weighted by atomic mass is 10.1. The van der Waals surface area contributed by atoms with Gasteiger partial charge >= 0.3 is 0 Å². The zero-order valence-electron chi connectivity index (χ0n) is 13.1. The highest BCUT2D eigenvalue weighted by Gasteiger charge is 2.22. The number of furan rings is 1. The lowest BCUT2D eigenvalue weighted by Gasteiger charge is -2.25. The van der Waals surface area contributed by atoms with Crippen molar-refractivity contribution < 1.29 is 9.21 Å². The van der Waals surface area contributed by atoms with Gasteiger partial charge in [-0.3, -0.25) is 15.0 Å². The van der Waals surface area contributed by atoms with Crippen LogP contribution in [0.15, 0.2) is 53.1 Å². The summed E-state index contributed by atoms with van der Waals surface area (Å²) in [7, 11) is 0. The highest BCUT2D eigenvalue weighted by Crippen LogP contribution is 2.29. The fraction of sp³-hybridized carbons (Fsp3) is 0.222. The Morgan fingerprint density at radius 1 is 1.25 bits per heavy atom. The first-order chi connectivity index (χ1) is 11.8. The molecule has 0 saturated heterocycles. The predicted molar refractivity (Wildman–Crippen MR) is 93.0 cm³/mol. The van der Waals surface area contributed by atoms with Crippen LogP contribution in [0.1, 0.15) is 26.7 Å². The van der Waals surface area contributed by atoms with Gasteiger partial charge in [-0.15, -0.1) is 11.3 Å². The first-order valence-electron chi connectivity index (χ1n) is 7.87. The number of nitrogens with one attached hydrogen (secondary N) is 1. The fourth-order valence-electron chi connectivity index (χ4n) is 2.84. The van der Waals surface area contributed by atoms with Crippen molar-refractivity contribution in [2.24, 2.45) is 0 Å². The first kappa shape index (κ1) is 15.1. The van der Waals surface area contributed by atoms with Crippen LogP contribution in [-0.2, 0) is 19.5 Å². The number of fused-ring (bicyclic) bond motifs is 1. The minimum atomic E-state index is -0.257. The Bertz CT molecular complexity index is 827. The normalized spacial score (nSPS) is 14.3. The van der Waals surface area contributed by atoms with Crippen molar-refractivity contribution in [2.45, 2.75) is 19.5 Å². The summed E-state index contributed by atoms with van der Waals surface area (Å²) < 4.78 is 5.11. The summed E-state index contributed by atoms with van der Waals surface area (Å²) in [6.07, 6.45) is 2.40. The molecule has 1 amide bonds. The van der Waals surface area contributed by atoms with E-state index in [1.807, 2.05) is 6.07 Å². The number of hydrogen-bond donors (Lipinski definition) is 1. The number of carbonyl (C=O) groups is 1. The predicted octanol–water partition coefficient (Wildman–Crippen LogP) is 3.55. The Labute approximate surface area is 143 Å². The maximum absolute atomic E-state index is 12.0. The monoisotopic (exact) mass is 339 g/mol. The van der Waals surface area contributed by atoms with Crippen molar-refractivity contribution in [1.82, 2.24) is 9.88 Å². The summed E-state index contributed by atoms with van der Waals surface area (Å²) in [5.74, 6) is 0.0427. The van der Waals surface area contributed by atoms with Crippen molar-refractivity contribution >= 4 is 22.4 Å². The highest BCUT2D eigenvalue weighted by atomic mass is 32.1. The smallest absolute Gasteiger partial charge is 0.293 e. The molecule has 5 nitrogen and oxygen atoms in total. The topological polar surface area (TPSA) is 58.4 Å². The zero-order chi connectivity index (χ0) is 16.4. The number of amides is 1. The van der Waals surface area contributed by atoms with Gasteiger partial charge in [-0.2, -0.15) is 0 Å². The maximum Gasteiger partial charge on any atom is 0.293 e. The SMILES string of the molecule is O=C(Nc1nc2c(s1)CN(Cc1ccccc1)CC2)c1ccco1. The van der Waals surface area contributed by atoms with E-state index in [-0.39, 0.29) is 5.91 Å². The molecule has 0 spiro atoms. The molecule has 1 aliphatic rings. The summed E-state index contributed by atoms with van der Waals surface area (Å²) in [6.45, 7) is 2.79. The van der Waals surface area contributed by atoms with Gasteiger partial charge in [0.2, 0.25) is 0 Å². The number of thiazole rings is 1. The first-order valence-corrected chi connectivity index (χ1v) is 8.69. The van der Waals surface area contributed by atoms with E-state index in [1.54, 1.807) is 23.5 Å². The molecule has 24 heavy (non-hydrogen) atoms. The van der Waals surface area contributed by atoms with Gasteiger partial charge in [-0.25, -0.2) is 4.98 Å². The van der Waals surface area contributed by atoms with Gasteiger partial charge in [-0.1, -0.05) is 30.3 Å². The molecule has 2 aromatic heterocycles. The van der Waals surface area contributed by atoms with E-state index in [2.05, 4.69) is 39.5 Å². The lowest BCUT2D eigenvalue weighted by Crippen LogP contribution is -2.29. The highest BCUT2D eigenvalue weighted by molar-refractivity contribution is 7.15. The van der Waals surface area contributed by atoms with E-state index in [1.165, 1.54) is 16.7 Å². The summed E-state index contributed by atoms with van der Waals surface area (Å²) in [6, 6.07) is 13.8. The number of benzene rings is 1. The second kappa shape index (κ2) is 6.59. The molecule has 0 saturated carbocycles. The molecule has 0 atom stereocenters. The standard InChI is InChI=1S/C18H17N3O2S/c22-17(15-7-4-10-23-15)20-18-19-14-8-9-21(12-16(14)24-18)11-13-5-2-1-3-6-13/h1-7,10H,8-9,11-12H2,(H,19,20,22). The van der Waals surface area contributed by atoms with Crippen LogP contribution in [0.4, 0.5) is 5.13 Å². The van der Waals surface area contributed by atoms with E-state index in [0.29, 0.717) is 10.9 Å². The largest absolute Gasteiger partial charge is 0.459 e. The molecule has 1 aliphatic heterocycles. The van der Waals surface area contributed by atoms with E-state index in [4.69, 9.17) is 4.42 Å². The molecule has 122 valence electrons. The van der Waals surface area contributed by atoms with E-state index in [9.17, 15) is 4.79 Å². The Balaban J connectivity index is 1.43. The number of carbonyl (C=O) groups excluding carboxylic acids is 1. The molecule has 1 N–H and O–H groups in total. The van der Waals surface area contributed by atoms with Gasteiger partial charge in [0.25, 0.3) is 5.91 Å². The minimum Gasteiger partial charge on any atom is -0.459 e. The fourth-order valence-corrected chi connectivity index (χ4v) is 3.89. The molecule has 0 fully saturated rings. The van der Waals surface area contributed by atoms with Gasteiger partial charge in [0.15, 0.2) is 10.9 Å². The molecular formula is C18H17N3O2S. The minimum absolute atomic E-state index is 0.257. The average molecular weight is 339 g/mol. The van der Waals surface area contributed by atoms with Gasteiger partial charge < -0.3 is 4.42 Å². The molecule has 0 radical (unpaired) electrons. The van der Waals surface area contributed by atoms with Gasteiger partial charge in [0, 0.05) is 30.9 Å². The van der Waals surface area contributed by atoms with Gasteiger partial charge in [0.1, 0.15) is 0 Å². The number of nitrogens with zero attached hydrogens (tertiary/aromatic N) is 2. The molecule has 6 heteroatoms. The number of aromatic nitrogens is 1. The number of anilines is 1. The second-order valence-corrected chi connectivity index (χ2v) is 6.85. The second-order valence-electron chi connectivity index (χ2n) is 5.77. The molecule has 0 unspecified atom stereocenters. The summed E-state index contributed by atoms with van der Waals surface area (Å²) in [5, 5.41) is 3.46. The van der Waals surface area contributed by atoms with Crippen LogP contribution in [0.3, 0.4) is 0 Å². The van der Waals surface area contributed by atoms with E-state index >= 15 is 0 Å². The van der Waals surface area contributed by atoms with Crippen LogP contribution in [0.2, 0.25) is 0 Å². The molecule has 0 bridgehead atoms. The van der Waals surface area contributed by atoms with E-state index < -0.39 is 0 Å². The van der Waals surface area contributed by atoms with Crippen LogP contribution >= 0.6 is 11.3 Å². The van der Waals surface area contributed by atoms with Crippen LogP contribution < -0.4 is 5.32 Å². The maximum atomic E-state index is 12.0. The van der Waals surface area contributed by atoms with Crippen LogP contribution in [0, 0.1) is 0 Å². The van der Waals surface area contributed by atoms with Crippen molar-refractivity contribution in [2.75, 3.05) is 11.9 Å². The van der Waals surface area contributed by atoms with Crippen molar-refractivity contribution in [3.63, 3.8) is 0 Å².